The number of nitrogens with zero attached hydrogens (tertiary/aromatic N) is 2. The number of nitrogens with one attached hydrogen (secondary N) is 1. The van der Waals surface area contributed by atoms with Crippen LogP contribution in [0.15, 0.2) is 60.7 Å². The molecule has 0 radical (unpaired) electrons. The van der Waals surface area contributed by atoms with Crippen LogP contribution in [0.5, 0.6) is 0 Å². The van der Waals surface area contributed by atoms with Gasteiger partial charge in [0.15, 0.2) is 0 Å². The topological polar surface area (TPSA) is 73.2 Å². The van der Waals surface area contributed by atoms with Crippen LogP contribution < -0.4 is 5.32 Å². The van der Waals surface area contributed by atoms with Crippen molar-refractivity contribution in [2.75, 3.05) is 11.9 Å². The average Bonchev–Trinajstić information content (AvgIpc) is 3.14. The molecule has 2 heterocycles. The molecule has 0 aliphatic heterocycles. The Kier molecular flexibility index (Phi) is 6.77. The highest BCUT2D eigenvalue weighted by Crippen LogP contribution is 2.28. The van der Waals surface area contributed by atoms with E-state index in [1.165, 1.54) is 0 Å². The molecule has 6 nitrogen and oxygen atoms in total. The van der Waals surface area contributed by atoms with Gasteiger partial charge in [0.2, 0.25) is 5.91 Å². The van der Waals surface area contributed by atoms with Crippen LogP contribution in [0.25, 0.3) is 22.2 Å². The third kappa shape index (κ3) is 4.86. The van der Waals surface area contributed by atoms with Gasteiger partial charge >= 0.3 is 5.97 Å². The Bertz CT molecular complexity index is 1350. The number of hydrogen-bond acceptors (Lipinski definition) is 4. The number of anilines is 1. The van der Waals surface area contributed by atoms with Crippen LogP contribution in [0.1, 0.15) is 40.7 Å². The minimum atomic E-state index is -0.352. The average molecular weight is 456 g/mol. The number of pyridine rings is 1. The SMILES string of the molecule is CCOC(=O)c1cc(-c2ccc(C)cc2)n(CCC(=O)Nc2cc(C)nc3ccccc23)c1C. The molecule has 0 saturated heterocycles. The summed E-state index contributed by atoms with van der Waals surface area (Å²) in [7, 11) is 0. The zero-order chi connectivity index (χ0) is 24.2. The van der Waals surface area contributed by atoms with Crippen molar-refractivity contribution in [2.45, 2.75) is 40.7 Å². The third-order valence-electron chi connectivity index (χ3n) is 5.89. The first-order valence-electron chi connectivity index (χ1n) is 11.5. The molecule has 0 unspecified atom stereocenters. The highest BCUT2D eigenvalue weighted by Gasteiger charge is 2.20. The number of aromatic nitrogens is 2. The van der Waals surface area contributed by atoms with E-state index in [2.05, 4.69) is 10.3 Å². The van der Waals surface area contributed by atoms with E-state index in [4.69, 9.17) is 4.74 Å². The Balaban J connectivity index is 1.60. The highest BCUT2D eigenvalue weighted by atomic mass is 16.5. The van der Waals surface area contributed by atoms with Crippen LogP contribution in [-0.2, 0) is 16.1 Å². The van der Waals surface area contributed by atoms with E-state index >= 15 is 0 Å². The maximum absolute atomic E-state index is 13.0. The zero-order valence-corrected chi connectivity index (χ0v) is 20.0. The van der Waals surface area contributed by atoms with E-state index in [9.17, 15) is 9.59 Å². The number of benzene rings is 2. The molecule has 0 spiro atoms. The maximum Gasteiger partial charge on any atom is 0.339 e. The Morgan fingerprint density at radius 3 is 2.47 bits per heavy atom. The van der Waals surface area contributed by atoms with Gasteiger partial charge in [-0.25, -0.2) is 4.79 Å². The molecule has 0 saturated carbocycles. The second-order valence-corrected chi connectivity index (χ2v) is 8.39. The Morgan fingerprint density at radius 2 is 1.74 bits per heavy atom. The van der Waals surface area contributed by atoms with Gasteiger partial charge in [-0.1, -0.05) is 48.0 Å². The second-order valence-electron chi connectivity index (χ2n) is 8.39. The van der Waals surface area contributed by atoms with Crippen molar-refractivity contribution in [3.05, 3.63) is 83.2 Å². The lowest BCUT2D eigenvalue weighted by Gasteiger charge is -2.14. The van der Waals surface area contributed by atoms with Crippen LogP contribution in [0.4, 0.5) is 5.69 Å². The zero-order valence-electron chi connectivity index (χ0n) is 20.0. The van der Waals surface area contributed by atoms with Crippen molar-refractivity contribution in [3.63, 3.8) is 0 Å². The van der Waals surface area contributed by atoms with E-state index in [1.807, 2.05) is 86.0 Å². The van der Waals surface area contributed by atoms with Crippen molar-refractivity contribution < 1.29 is 14.3 Å². The monoisotopic (exact) mass is 455 g/mol. The lowest BCUT2D eigenvalue weighted by Crippen LogP contribution is -2.16. The number of hydrogen-bond donors (Lipinski definition) is 1. The molecule has 0 aliphatic rings. The molecule has 1 N–H and O–H groups in total. The van der Waals surface area contributed by atoms with Crippen molar-refractivity contribution in [1.29, 1.82) is 0 Å². The quantitative estimate of drug-likeness (QED) is 0.356. The van der Waals surface area contributed by atoms with Gasteiger partial charge in [-0.3, -0.25) is 9.78 Å². The van der Waals surface area contributed by atoms with Crippen molar-refractivity contribution in [3.8, 4) is 11.3 Å². The summed E-state index contributed by atoms with van der Waals surface area (Å²) in [5.74, 6) is -0.452. The highest BCUT2D eigenvalue weighted by molar-refractivity contribution is 6.01. The van der Waals surface area contributed by atoms with Gasteiger partial charge in [0, 0.05) is 35.4 Å². The Hall–Kier alpha value is -3.93. The standard InChI is InChI=1S/C28H29N3O3/c1-5-34-28(33)23-17-26(21-12-10-18(2)11-13-21)31(20(23)4)15-14-27(32)30-25-16-19(3)29-24-9-7-6-8-22(24)25/h6-13,16-17H,5,14-15H2,1-4H3,(H,29,30,32). The Morgan fingerprint density at radius 1 is 1.00 bits per heavy atom. The number of fused-ring (bicyclic) bond motifs is 1. The molecule has 4 rings (SSSR count). The third-order valence-corrected chi connectivity index (χ3v) is 5.89. The predicted octanol–water partition coefficient (Wildman–Crippen LogP) is 5.83. The van der Waals surface area contributed by atoms with E-state index < -0.39 is 0 Å². The summed E-state index contributed by atoms with van der Waals surface area (Å²) in [6.45, 7) is 8.37. The molecule has 0 fully saturated rings. The molecule has 34 heavy (non-hydrogen) atoms. The maximum atomic E-state index is 13.0. The van der Waals surface area contributed by atoms with Gasteiger partial charge in [0.05, 0.1) is 23.4 Å². The number of carbonyl (C=O) groups is 2. The van der Waals surface area contributed by atoms with Crippen molar-refractivity contribution in [2.24, 2.45) is 0 Å². The van der Waals surface area contributed by atoms with Gasteiger partial charge < -0.3 is 14.6 Å². The predicted molar refractivity (Wildman–Crippen MR) is 135 cm³/mol. The summed E-state index contributed by atoms with van der Waals surface area (Å²) >= 11 is 0. The lowest BCUT2D eigenvalue weighted by atomic mass is 10.1. The normalized spacial score (nSPS) is 10.9. The van der Waals surface area contributed by atoms with E-state index in [1.54, 1.807) is 6.92 Å². The first kappa shape index (κ1) is 23.2. The van der Waals surface area contributed by atoms with E-state index in [0.29, 0.717) is 18.7 Å². The summed E-state index contributed by atoms with van der Waals surface area (Å²) in [5, 5.41) is 3.95. The number of para-hydroxylation sites is 1. The number of rotatable bonds is 7. The van der Waals surface area contributed by atoms with Gasteiger partial charge in [-0.15, -0.1) is 0 Å². The summed E-state index contributed by atoms with van der Waals surface area (Å²) in [6, 6.07) is 19.6. The molecule has 2 aromatic heterocycles. The van der Waals surface area contributed by atoms with Crippen molar-refractivity contribution in [1.82, 2.24) is 9.55 Å². The molecule has 2 aromatic carbocycles. The fourth-order valence-electron chi connectivity index (χ4n) is 4.15. The summed E-state index contributed by atoms with van der Waals surface area (Å²) in [4.78, 5) is 30.0. The minimum Gasteiger partial charge on any atom is -0.462 e. The van der Waals surface area contributed by atoms with E-state index in [0.717, 1.165) is 44.8 Å². The number of carbonyl (C=O) groups excluding carboxylic acids is 2. The smallest absolute Gasteiger partial charge is 0.339 e. The minimum absolute atomic E-state index is 0.101. The number of amides is 1. The molecular formula is C28H29N3O3. The first-order valence-corrected chi connectivity index (χ1v) is 11.5. The van der Waals surface area contributed by atoms with Crippen molar-refractivity contribution >= 4 is 28.5 Å². The first-order chi connectivity index (χ1) is 16.4. The van der Waals surface area contributed by atoms with Gasteiger partial charge in [-0.2, -0.15) is 0 Å². The van der Waals surface area contributed by atoms with Gasteiger partial charge in [-0.05, 0) is 51.5 Å². The van der Waals surface area contributed by atoms with Crippen LogP contribution >= 0.6 is 0 Å². The summed E-state index contributed by atoms with van der Waals surface area (Å²) in [6.07, 6.45) is 0.256. The molecule has 6 heteroatoms. The molecule has 0 bridgehead atoms. The van der Waals surface area contributed by atoms with Gasteiger partial charge in [0.1, 0.15) is 0 Å². The van der Waals surface area contributed by atoms with Gasteiger partial charge in [0.25, 0.3) is 0 Å². The summed E-state index contributed by atoms with van der Waals surface area (Å²) in [5.41, 5.74) is 6.78. The molecule has 1 amide bonds. The lowest BCUT2D eigenvalue weighted by molar-refractivity contribution is -0.116. The fourth-order valence-corrected chi connectivity index (χ4v) is 4.15. The molecule has 174 valence electrons. The second kappa shape index (κ2) is 9.91. The van der Waals surface area contributed by atoms with E-state index in [-0.39, 0.29) is 18.3 Å². The van der Waals surface area contributed by atoms with Crippen LogP contribution in [0.3, 0.4) is 0 Å². The van der Waals surface area contributed by atoms with Crippen LogP contribution in [-0.4, -0.2) is 28.0 Å². The Labute approximate surface area is 199 Å². The molecule has 0 aliphatic carbocycles. The summed E-state index contributed by atoms with van der Waals surface area (Å²) < 4.78 is 7.27. The van der Waals surface area contributed by atoms with Crippen LogP contribution in [0.2, 0.25) is 0 Å². The number of esters is 1. The number of ether oxygens (including phenoxy) is 1. The number of aryl methyl sites for hydroxylation is 2. The fraction of sp³-hybridized carbons (Fsp3) is 0.250. The molecule has 0 atom stereocenters. The molecule has 4 aromatic rings. The molecular weight excluding hydrogens is 426 g/mol. The largest absolute Gasteiger partial charge is 0.462 e. The van der Waals surface area contributed by atoms with Crippen LogP contribution in [0, 0.1) is 20.8 Å².